The van der Waals surface area contributed by atoms with Crippen LogP contribution in [0.3, 0.4) is 0 Å². The van der Waals surface area contributed by atoms with Gasteiger partial charge in [0, 0.05) is 10.1 Å². The van der Waals surface area contributed by atoms with E-state index < -0.39 is 0 Å². The minimum atomic E-state index is 0.793. The lowest BCUT2D eigenvalue weighted by Gasteiger charge is -1.92. The van der Waals surface area contributed by atoms with Gasteiger partial charge in [0.15, 0.2) is 0 Å². The molecule has 1 aromatic carbocycles. The molecule has 2 rings (SSSR count). The lowest BCUT2D eigenvalue weighted by atomic mass is 10.3. The summed E-state index contributed by atoms with van der Waals surface area (Å²) in [6.07, 6.45) is 0. The van der Waals surface area contributed by atoms with E-state index in [-0.39, 0.29) is 0 Å². The van der Waals surface area contributed by atoms with Gasteiger partial charge in [-0.3, -0.25) is 0 Å². The summed E-state index contributed by atoms with van der Waals surface area (Å²) >= 11 is 14.6. The monoisotopic (exact) mass is 324 g/mol. The number of halogens is 3. The minimum absolute atomic E-state index is 0.793. The van der Waals surface area contributed by atoms with Crippen LogP contribution in [0.25, 0.3) is 10.1 Å². The van der Waals surface area contributed by atoms with E-state index in [1.54, 1.807) is 11.3 Å². The van der Waals surface area contributed by atoms with Gasteiger partial charge in [0.05, 0.1) is 13.3 Å². The van der Waals surface area contributed by atoms with Gasteiger partial charge in [-0.25, -0.2) is 0 Å². The summed E-state index contributed by atoms with van der Waals surface area (Å²) < 4.78 is 3.33. The molecule has 0 N–H and O–H groups in total. The SMILES string of the molecule is Clc1cccc2sc(Br)c(Br)c12. The Balaban J connectivity index is 2.97. The smallest absolute Gasteiger partial charge is 0.0853 e. The average Bonchev–Trinajstić information content (AvgIpc) is 2.29. The number of rotatable bonds is 0. The largest absolute Gasteiger partial charge is 0.127 e. The van der Waals surface area contributed by atoms with E-state index in [4.69, 9.17) is 11.6 Å². The molecule has 0 aliphatic rings. The molecule has 0 saturated carbocycles. The van der Waals surface area contributed by atoms with Crippen LogP contribution in [0.4, 0.5) is 0 Å². The van der Waals surface area contributed by atoms with E-state index in [0.29, 0.717) is 0 Å². The number of thiophene rings is 1. The van der Waals surface area contributed by atoms with Crippen molar-refractivity contribution in [2.45, 2.75) is 0 Å². The van der Waals surface area contributed by atoms with Crippen LogP contribution in [0.2, 0.25) is 5.02 Å². The van der Waals surface area contributed by atoms with Crippen molar-refractivity contribution in [3.8, 4) is 0 Å². The first-order chi connectivity index (χ1) is 5.70. The standard InChI is InChI=1S/C8H3Br2ClS/c9-7-6-4(11)2-1-3-5(6)12-8(7)10/h1-3H. The van der Waals surface area contributed by atoms with Crippen molar-refractivity contribution in [1.29, 1.82) is 0 Å². The second kappa shape index (κ2) is 3.29. The van der Waals surface area contributed by atoms with Crippen LogP contribution in [0.15, 0.2) is 26.5 Å². The predicted molar refractivity (Wildman–Crippen MR) is 62.2 cm³/mol. The summed E-state index contributed by atoms with van der Waals surface area (Å²) in [4.78, 5) is 0. The highest BCUT2D eigenvalue weighted by atomic mass is 79.9. The molecule has 1 heterocycles. The molecule has 62 valence electrons. The third kappa shape index (κ3) is 1.33. The maximum absolute atomic E-state index is 6.03. The predicted octanol–water partition coefficient (Wildman–Crippen LogP) is 5.08. The van der Waals surface area contributed by atoms with Crippen molar-refractivity contribution >= 4 is 64.9 Å². The molecule has 2 aromatic rings. The average molecular weight is 326 g/mol. The molecule has 1 aromatic heterocycles. The molecule has 0 nitrogen and oxygen atoms in total. The summed E-state index contributed by atoms with van der Waals surface area (Å²) in [5.74, 6) is 0. The molecule has 0 radical (unpaired) electrons. The molecule has 0 saturated heterocycles. The van der Waals surface area contributed by atoms with Crippen molar-refractivity contribution in [3.63, 3.8) is 0 Å². The Kier molecular flexibility index (Phi) is 2.47. The van der Waals surface area contributed by atoms with Gasteiger partial charge >= 0.3 is 0 Å². The third-order valence-corrected chi connectivity index (χ3v) is 5.30. The highest BCUT2D eigenvalue weighted by Gasteiger charge is 2.09. The van der Waals surface area contributed by atoms with Gasteiger partial charge in [0.1, 0.15) is 0 Å². The minimum Gasteiger partial charge on any atom is -0.127 e. The van der Waals surface area contributed by atoms with Crippen molar-refractivity contribution in [2.24, 2.45) is 0 Å². The zero-order valence-electron chi connectivity index (χ0n) is 5.77. The van der Waals surface area contributed by atoms with Crippen LogP contribution in [0.1, 0.15) is 0 Å². The highest BCUT2D eigenvalue weighted by molar-refractivity contribution is 9.13. The Labute approximate surface area is 95.8 Å². The molecule has 0 spiro atoms. The second-order valence-corrected chi connectivity index (χ2v) is 5.87. The summed E-state index contributed by atoms with van der Waals surface area (Å²) in [6.45, 7) is 0. The number of hydrogen-bond acceptors (Lipinski definition) is 1. The lowest BCUT2D eigenvalue weighted by molar-refractivity contribution is 1.81. The second-order valence-electron chi connectivity index (χ2n) is 2.30. The molecular weight excluding hydrogens is 323 g/mol. The number of fused-ring (bicyclic) bond motifs is 1. The van der Waals surface area contributed by atoms with Gasteiger partial charge < -0.3 is 0 Å². The molecule has 12 heavy (non-hydrogen) atoms. The van der Waals surface area contributed by atoms with Crippen LogP contribution in [-0.4, -0.2) is 0 Å². The Morgan fingerprint density at radius 2 is 2.00 bits per heavy atom. The summed E-state index contributed by atoms with van der Waals surface area (Å²) in [5, 5.41) is 1.89. The van der Waals surface area contributed by atoms with Gasteiger partial charge in [-0.05, 0) is 44.0 Å². The van der Waals surface area contributed by atoms with Crippen LogP contribution >= 0.6 is 54.8 Å². The van der Waals surface area contributed by atoms with Gasteiger partial charge in [0.25, 0.3) is 0 Å². The molecule has 0 amide bonds. The number of benzene rings is 1. The number of hydrogen-bond donors (Lipinski definition) is 0. The van der Waals surface area contributed by atoms with E-state index in [0.717, 1.165) is 18.7 Å². The fraction of sp³-hybridized carbons (Fsp3) is 0. The van der Waals surface area contributed by atoms with Crippen LogP contribution in [-0.2, 0) is 0 Å². The molecule has 0 fully saturated rings. The third-order valence-electron chi connectivity index (χ3n) is 1.57. The van der Waals surface area contributed by atoms with Crippen molar-refractivity contribution in [3.05, 3.63) is 31.5 Å². The fourth-order valence-corrected chi connectivity index (χ4v) is 3.85. The Bertz CT molecular complexity index is 436. The first-order valence-electron chi connectivity index (χ1n) is 3.22. The van der Waals surface area contributed by atoms with Crippen LogP contribution < -0.4 is 0 Å². The molecular formula is C8H3Br2ClS. The van der Waals surface area contributed by atoms with Crippen molar-refractivity contribution in [2.75, 3.05) is 0 Å². The first kappa shape index (κ1) is 9.00. The highest BCUT2D eigenvalue weighted by Crippen LogP contribution is 2.42. The molecule has 0 aliphatic heterocycles. The van der Waals surface area contributed by atoms with Crippen molar-refractivity contribution in [1.82, 2.24) is 0 Å². The van der Waals surface area contributed by atoms with Gasteiger partial charge in [-0.15, -0.1) is 11.3 Å². The fourth-order valence-electron chi connectivity index (χ4n) is 1.04. The zero-order chi connectivity index (χ0) is 8.72. The molecule has 0 aliphatic carbocycles. The quantitative estimate of drug-likeness (QED) is 0.633. The van der Waals surface area contributed by atoms with E-state index >= 15 is 0 Å². The maximum Gasteiger partial charge on any atom is 0.0853 e. The Morgan fingerprint density at radius 1 is 1.25 bits per heavy atom. The Hall–Kier alpha value is 0.430. The van der Waals surface area contributed by atoms with Gasteiger partial charge in [-0.1, -0.05) is 17.7 Å². The van der Waals surface area contributed by atoms with E-state index in [2.05, 4.69) is 37.9 Å². The molecule has 0 bridgehead atoms. The van der Waals surface area contributed by atoms with E-state index in [1.165, 1.54) is 4.70 Å². The maximum atomic E-state index is 6.03. The van der Waals surface area contributed by atoms with E-state index in [1.807, 2.05) is 12.1 Å². The van der Waals surface area contributed by atoms with Gasteiger partial charge in [0.2, 0.25) is 0 Å². The van der Waals surface area contributed by atoms with Crippen molar-refractivity contribution < 1.29 is 0 Å². The lowest BCUT2D eigenvalue weighted by Crippen LogP contribution is -1.66. The van der Waals surface area contributed by atoms with Crippen LogP contribution in [0, 0.1) is 0 Å². The Morgan fingerprint density at radius 3 is 2.67 bits per heavy atom. The summed E-state index contributed by atoms with van der Waals surface area (Å²) in [5.41, 5.74) is 0. The normalized spacial score (nSPS) is 10.9. The van der Waals surface area contributed by atoms with Gasteiger partial charge in [-0.2, -0.15) is 0 Å². The van der Waals surface area contributed by atoms with E-state index in [9.17, 15) is 0 Å². The summed E-state index contributed by atoms with van der Waals surface area (Å²) in [6, 6.07) is 5.91. The first-order valence-corrected chi connectivity index (χ1v) is 6.00. The zero-order valence-corrected chi connectivity index (χ0v) is 10.5. The molecule has 4 heteroatoms. The van der Waals surface area contributed by atoms with Crippen LogP contribution in [0.5, 0.6) is 0 Å². The summed E-state index contributed by atoms with van der Waals surface area (Å²) in [7, 11) is 0. The topological polar surface area (TPSA) is 0 Å². The molecule has 0 atom stereocenters. The molecule has 0 unspecified atom stereocenters.